The lowest BCUT2D eigenvalue weighted by Gasteiger charge is -2.28. The molecule has 0 saturated heterocycles. The first kappa shape index (κ1) is 23.6. The normalized spacial score (nSPS) is 14.1. The first-order valence-corrected chi connectivity index (χ1v) is 9.84. The first-order chi connectivity index (χ1) is 15.7. The molecule has 1 aliphatic heterocycles. The molecule has 0 atom stereocenters. The second-order valence-corrected chi connectivity index (χ2v) is 7.18. The van der Waals surface area contributed by atoms with Gasteiger partial charge in [-0.1, -0.05) is 0 Å². The van der Waals surface area contributed by atoms with Gasteiger partial charge in [0.1, 0.15) is 23.9 Å². The van der Waals surface area contributed by atoms with Gasteiger partial charge in [-0.25, -0.2) is 14.4 Å². The first-order valence-electron chi connectivity index (χ1n) is 9.84. The summed E-state index contributed by atoms with van der Waals surface area (Å²) in [5.74, 6) is -3.37. The van der Waals surface area contributed by atoms with Crippen LogP contribution < -0.4 is 15.7 Å². The van der Waals surface area contributed by atoms with E-state index >= 15 is 0 Å². The number of nitrogens with one attached hydrogen (secondary N) is 1. The number of carbonyl (C=O) groups excluding carboxylic acids is 3. The van der Waals surface area contributed by atoms with Crippen LogP contribution in [-0.2, 0) is 35.2 Å². The Labute approximate surface area is 188 Å². The van der Waals surface area contributed by atoms with E-state index in [0.717, 1.165) is 14.2 Å². The molecule has 0 fully saturated rings. The fourth-order valence-electron chi connectivity index (χ4n) is 3.68. The van der Waals surface area contributed by atoms with Crippen molar-refractivity contribution >= 4 is 28.9 Å². The molecule has 174 valence electrons. The average molecular weight is 457 g/mol. The topological polar surface area (TPSA) is 130 Å². The van der Waals surface area contributed by atoms with E-state index in [0.29, 0.717) is 28.1 Å². The van der Waals surface area contributed by atoms with Gasteiger partial charge in [0.2, 0.25) is 0 Å². The molecular weight excluding hydrogens is 434 g/mol. The summed E-state index contributed by atoms with van der Waals surface area (Å²) < 4.78 is 25.4. The molecule has 1 aromatic heterocycles. The van der Waals surface area contributed by atoms with Gasteiger partial charge in [-0.3, -0.25) is 4.79 Å². The predicted octanol–water partition coefficient (Wildman–Crippen LogP) is 1.96. The van der Waals surface area contributed by atoms with E-state index in [1.807, 2.05) is 0 Å². The molecule has 0 spiro atoms. The number of ether oxygens (including phenoxy) is 4. The number of fused-ring (bicyclic) bond motifs is 1. The highest BCUT2D eigenvalue weighted by molar-refractivity contribution is 6.05. The summed E-state index contributed by atoms with van der Waals surface area (Å²) in [6.07, 6.45) is 0. The third kappa shape index (κ3) is 4.59. The maximum atomic E-state index is 13.2. The lowest BCUT2D eigenvalue weighted by molar-refractivity contribution is -0.152. The number of hydrogen-bond acceptors (Lipinski definition) is 10. The molecule has 1 aliphatic rings. The van der Waals surface area contributed by atoms with Crippen molar-refractivity contribution in [2.45, 2.75) is 20.5 Å². The van der Waals surface area contributed by atoms with Gasteiger partial charge in [-0.2, -0.15) is 0 Å². The number of hydrogen-bond donors (Lipinski definition) is 1. The molecule has 3 rings (SSSR count). The molecule has 1 N–H and O–H groups in total. The van der Waals surface area contributed by atoms with E-state index in [4.69, 9.17) is 23.4 Å². The zero-order valence-electron chi connectivity index (χ0n) is 18.8. The van der Waals surface area contributed by atoms with Crippen LogP contribution in [0.1, 0.15) is 19.4 Å². The maximum absolute atomic E-state index is 13.2. The molecule has 0 radical (unpaired) electrons. The van der Waals surface area contributed by atoms with Crippen LogP contribution in [0.4, 0.5) is 0 Å². The smallest absolute Gasteiger partial charge is 0.336 e. The number of benzene rings is 1. The predicted molar refractivity (Wildman–Crippen MR) is 115 cm³/mol. The molecular formula is C23H23NO9. The van der Waals surface area contributed by atoms with E-state index in [2.05, 4.69) is 5.32 Å². The Morgan fingerprint density at radius 1 is 0.970 bits per heavy atom. The highest BCUT2D eigenvalue weighted by atomic mass is 16.5. The molecule has 0 saturated carbocycles. The quantitative estimate of drug-likeness (QED) is 0.390. The van der Waals surface area contributed by atoms with Crippen molar-refractivity contribution in [3.63, 3.8) is 0 Å². The monoisotopic (exact) mass is 457 g/mol. The molecule has 33 heavy (non-hydrogen) atoms. The standard InChI is InChI=1S/C23H23NO9/c1-11-18(21(26)30-4)20(19(12(2)24-11)22(27)31-5)23(28)32-10-13-8-17(25)33-16-9-14(29-3)6-7-15(13)16/h6-9,20,24H,10H2,1-5H3. The Morgan fingerprint density at radius 2 is 1.58 bits per heavy atom. The van der Waals surface area contributed by atoms with Crippen molar-refractivity contribution in [3.8, 4) is 5.75 Å². The summed E-state index contributed by atoms with van der Waals surface area (Å²) in [6, 6.07) is 6.08. The highest BCUT2D eigenvalue weighted by Crippen LogP contribution is 2.33. The maximum Gasteiger partial charge on any atom is 0.336 e. The summed E-state index contributed by atoms with van der Waals surface area (Å²) in [5.41, 5.74) is 0.532. The number of methoxy groups -OCH3 is 3. The van der Waals surface area contributed by atoms with Crippen LogP contribution in [0.5, 0.6) is 5.75 Å². The van der Waals surface area contributed by atoms with Crippen LogP contribution in [-0.4, -0.2) is 39.2 Å². The second kappa shape index (κ2) is 9.60. The van der Waals surface area contributed by atoms with E-state index in [1.54, 1.807) is 26.0 Å². The number of carbonyl (C=O) groups is 3. The zero-order chi connectivity index (χ0) is 24.3. The number of dihydropyridines is 1. The van der Waals surface area contributed by atoms with Crippen LogP contribution in [0.25, 0.3) is 11.0 Å². The van der Waals surface area contributed by atoms with Gasteiger partial charge in [0.15, 0.2) is 0 Å². The van der Waals surface area contributed by atoms with Crippen molar-refractivity contribution in [2.24, 2.45) is 5.92 Å². The Hall–Kier alpha value is -4.08. The van der Waals surface area contributed by atoms with Gasteiger partial charge < -0.3 is 28.7 Å². The van der Waals surface area contributed by atoms with Gasteiger partial charge in [-0.05, 0) is 26.0 Å². The van der Waals surface area contributed by atoms with E-state index in [9.17, 15) is 19.2 Å². The van der Waals surface area contributed by atoms with Crippen molar-refractivity contribution in [3.05, 3.63) is 62.8 Å². The zero-order valence-corrected chi connectivity index (χ0v) is 18.8. The van der Waals surface area contributed by atoms with Gasteiger partial charge in [-0.15, -0.1) is 0 Å². The molecule has 0 amide bonds. The van der Waals surface area contributed by atoms with Gasteiger partial charge >= 0.3 is 23.5 Å². The molecule has 2 aromatic rings. The molecule has 0 bridgehead atoms. The molecule has 0 aliphatic carbocycles. The fourth-order valence-corrected chi connectivity index (χ4v) is 3.68. The minimum atomic E-state index is -1.38. The molecule has 10 nitrogen and oxygen atoms in total. The largest absolute Gasteiger partial charge is 0.497 e. The molecule has 2 heterocycles. The molecule has 10 heteroatoms. The Bertz CT molecular complexity index is 1210. The van der Waals surface area contributed by atoms with Crippen molar-refractivity contribution < 1.29 is 37.7 Å². The van der Waals surface area contributed by atoms with Crippen molar-refractivity contribution in [2.75, 3.05) is 21.3 Å². The SMILES string of the molecule is COC(=O)C1=C(C)NC(C)=C(C(=O)OC)C1C(=O)OCc1cc(=O)oc2cc(OC)ccc12. The fraction of sp³-hybridized carbons (Fsp3) is 0.304. The molecule has 1 aromatic carbocycles. The summed E-state index contributed by atoms with van der Waals surface area (Å²) in [6.45, 7) is 2.85. The minimum Gasteiger partial charge on any atom is -0.497 e. The minimum absolute atomic E-state index is 0.0735. The summed E-state index contributed by atoms with van der Waals surface area (Å²) in [5, 5.41) is 3.43. The van der Waals surface area contributed by atoms with E-state index in [1.165, 1.54) is 19.2 Å². The van der Waals surface area contributed by atoms with Crippen LogP contribution in [0.2, 0.25) is 0 Å². The third-order valence-corrected chi connectivity index (χ3v) is 5.21. The number of allylic oxidation sites excluding steroid dienone is 2. The number of esters is 3. The van der Waals surface area contributed by atoms with Crippen molar-refractivity contribution in [1.29, 1.82) is 0 Å². The lowest BCUT2D eigenvalue weighted by Crippen LogP contribution is -2.37. The van der Waals surface area contributed by atoms with Crippen molar-refractivity contribution in [1.82, 2.24) is 5.32 Å². The molecule has 0 unspecified atom stereocenters. The highest BCUT2D eigenvalue weighted by Gasteiger charge is 2.42. The van der Waals surface area contributed by atoms with E-state index < -0.39 is 29.5 Å². The summed E-state index contributed by atoms with van der Waals surface area (Å²) in [7, 11) is 3.81. The van der Waals surface area contributed by atoms with Crippen LogP contribution in [0.15, 0.2) is 56.0 Å². The summed E-state index contributed by atoms with van der Waals surface area (Å²) >= 11 is 0. The summed E-state index contributed by atoms with van der Waals surface area (Å²) in [4.78, 5) is 50.1. The average Bonchev–Trinajstić information content (AvgIpc) is 2.80. The van der Waals surface area contributed by atoms with Crippen LogP contribution in [0, 0.1) is 5.92 Å². The second-order valence-electron chi connectivity index (χ2n) is 7.18. The Kier molecular flexibility index (Phi) is 6.86. The van der Waals surface area contributed by atoms with E-state index in [-0.39, 0.29) is 23.3 Å². The van der Waals surface area contributed by atoms with Gasteiger partial charge in [0, 0.05) is 34.5 Å². The van der Waals surface area contributed by atoms with Gasteiger partial charge in [0.25, 0.3) is 0 Å². The Morgan fingerprint density at radius 3 is 2.12 bits per heavy atom. The Balaban J connectivity index is 1.99. The third-order valence-electron chi connectivity index (χ3n) is 5.21. The lowest BCUT2D eigenvalue weighted by atomic mass is 9.85. The van der Waals surface area contributed by atoms with Crippen LogP contribution in [0.3, 0.4) is 0 Å². The van der Waals surface area contributed by atoms with Gasteiger partial charge in [0.05, 0.1) is 32.5 Å². The van der Waals surface area contributed by atoms with Crippen LogP contribution >= 0.6 is 0 Å². The number of rotatable bonds is 6.